The van der Waals surface area contributed by atoms with Crippen LogP contribution in [0.5, 0.6) is 0 Å². The second-order valence-electron chi connectivity index (χ2n) is 4.38. The summed E-state index contributed by atoms with van der Waals surface area (Å²) >= 11 is 0. The number of sulfonamides is 1. The van der Waals surface area contributed by atoms with Crippen LogP contribution in [0.4, 0.5) is 0 Å². The fourth-order valence-electron chi connectivity index (χ4n) is 1.82. The molecule has 0 radical (unpaired) electrons. The van der Waals surface area contributed by atoms with E-state index in [1.807, 2.05) is 37.3 Å². The molecule has 0 aromatic heterocycles. The zero-order valence-corrected chi connectivity index (χ0v) is 11.8. The Balaban J connectivity index is 2.38. The van der Waals surface area contributed by atoms with Crippen molar-refractivity contribution in [3.05, 3.63) is 42.5 Å². The highest BCUT2D eigenvalue weighted by atomic mass is 32.2. The largest absolute Gasteiger partial charge is 0.380 e. The molecule has 5 heteroatoms. The molecule has 1 N–H and O–H groups in total. The van der Waals surface area contributed by atoms with E-state index in [1.165, 1.54) is 0 Å². The predicted molar refractivity (Wildman–Crippen MR) is 75.6 cm³/mol. The SMILES string of the molecule is COC(C)CNS(=O)(=O)c1cccc2ccccc12. The van der Waals surface area contributed by atoms with Gasteiger partial charge < -0.3 is 4.74 Å². The smallest absolute Gasteiger partial charge is 0.241 e. The molecule has 0 amide bonds. The van der Waals surface area contributed by atoms with Crippen LogP contribution in [0, 0.1) is 0 Å². The molecular weight excluding hydrogens is 262 g/mol. The third-order valence-electron chi connectivity index (χ3n) is 3.00. The van der Waals surface area contributed by atoms with Crippen molar-refractivity contribution in [2.45, 2.75) is 17.9 Å². The van der Waals surface area contributed by atoms with E-state index in [2.05, 4.69) is 4.72 Å². The summed E-state index contributed by atoms with van der Waals surface area (Å²) in [5, 5.41) is 1.63. The molecule has 2 rings (SSSR count). The summed E-state index contributed by atoms with van der Waals surface area (Å²) in [5.74, 6) is 0. The second kappa shape index (κ2) is 5.69. The number of fused-ring (bicyclic) bond motifs is 1. The minimum absolute atomic E-state index is 0.162. The first-order valence-corrected chi connectivity index (χ1v) is 7.53. The van der Waals surface area contributed by atoms with Crippen LogP contribution in [0.1, 0.15) is 6.92 Å². The fourth-order valence-corrected chi connectivity index (χ4v) is 3.16. The molecular formula is C14H17NO3S. The molecule has 4 nitrogen and oxygen atoms in total. The van der Waals surface area contributed by atoms with Gasteiger partial charge in [-0.25, -0.2) is 13.1 Å². The number of hydrogen-bond acceptors (Lipinski definition) is 3. The molecule has 0 bridgehead atoms. The Labute approximate surface area is 113 Å². The molecule has 0 saturated carbocycles. The third-order valence-corrected chi connectivity index (χ3v) is 4.48. The van der Waals surface area contributed by atoms with E-state index in [0.717, 1.165) is 10.8 Å². The quantitative estimate of drug-likeness (QED) is 0.912. The number of benzene rings is 2. The van der Waals surface area contributed by atoms with Crippen molar-refractivity contribution in [1.82, 2.24) is 4.72 Å². The molecule has 1 atom stereocenters. The van der Waals surface area contributed by atoms with Crippen molar-refractivity contribution < 1.29 is 13.2 Å². The van der Waals surface area contributed by atoms with Crippen LogP contribution < -0.4 is 4.72 Å². The average molecular weight is 279 g/mol. The zero-order chi connectivity index (χ0) is 13.9. The van der Waals surface area contributed by atoms with Crippen LogP contribution in [0.25, 0.3) is 10.8 Å². The first-order valence-electron chi connectivity index (χ1n) is 6.05. The van der Waals surface area contributed by atoms with Gasteiger partial charge in [0.25, 0.3) is 0 Å². The van der Waals surface area contributed by atoms with Gasteiger partial charge in [-0.05, 0) is 18.4 Å². The van der Waals surface area contributed by atoms with Gasteiger partial charge in [-0.1, -0.05) is 36.4 Å². The Hall–Kier alpha value is -1.43. The summed E-state index contributed by atoms with van der Waals surface area (Å²) in [4.78, 5) is 0.300. The van der Waals surface area contributed by atoms with Crippen LogP contribution in [-0.2, 0) is 14.8 Å². The number of nitrogens with one attached hydrogen (secondary N) is 1. The van der Waals surface area contributed by atoms with Gasteiger partial charge in [0.15, 0.2) is 0 Å². The van der Waals surface area contributed by atoms with Crippen LogP contribution in [-0.4, -0.2) is 28.2 Å². The third kappa shape index (κ3) is 3.12. The van der Waals surface area contributed by atoms with Gasteiger partial charge in [0.2, 0.25) is 10.0 Å². The van der Waals surface area contributed by atoms with Gasteiger partial charge in [0, 0.05) is 19.0 Å². The molecule has 0 saturated heterocycles. The molecule has 0 spiro atoms. The number of ether oxygens (including phenoxy) is 1. The van der Waals surface area contributed by atoms with Crippen molar-refractivity contribution in [1.29, 1.82) is 0 Å². The lowest BCUT2D eigenvalue weighted by atomic mass is 10.1. The summed E-state index contributed by atoms with van der Waals surface area (Å²) < 4.78 is 32.2. The van der Waals surface area contributed by atoms with Gasteiger partial charge in [-0.15, -0.1) is 0 Å². The lowest BCUT2D eigenvalue weighted by Gasteiger charge is -2.12. The molecule has 2 aromatic rings. The Kier molecular flexibility index (Phi) is 4.19. The van der Waals surface area contributed by atoms with Gasteiger partial charge in [-0.2, -0.15) is 0 Å². The van der Waals surface area contributed by atoms with E-state index in [1.54, 1.807) is 19.2 Å². The van der Waals surface area contributed by atoms with Crippen molar-refractivity contribution >= 4 is 20.8 Å². The maximum absolute atomic E-state index is 12.3. The topological polar surface area (TPSA) is 55.4 Å². The monoisotopic (exact) mass is 279 g/mol. The van der Waals surface area contributed by atoms with Crippen LogP contribution in [0.2, 0.25) is 0 Å². The van der Waals surface area contributed by atoms with E-state index >= 15 is 0 Å². The van der Waals surface area contributed by atoms with Crippen molar-refractivity contribution in [2.75, 3.05) is 13.7 Å². The first kappa shape index (κ1) is 14.0. The van der Waals surface area contributed by atoms with Crippen molar-refractivity contribution in [3.63, 3.8) is 0 Å². The van der Waals surface area contributed by atoms with E-state index in [0.29, 0.717) is 4.90 Å². The van der Waals surface area contributed by atoms with E-state index in [9.17, 15) is 8.42 Å². The fraction of sp³-hybridized carbons (Fsp3) is 0.286. The standard InChI is InChI=1S/C14H17NO3S/c1-11(18-2)10-15-19(16,17)14-9-5-7-12-6-3-4-8-13(12)14/h3-9,11,15H,10H2,1-2H3. The lowest BCUT2D eigenvalue weighted by Crippen LogP contribution is -2.31. The highest BCUT2D eigenvalue weighted by Crippen LogP contribution is 2.22. The Morgan fingerprint density at radius 2 is 1.84 bits per heavy atom. The minimum Gasteiger partial charge on any atom is -0.380 e. The molecule has 0 fully saturated rings. The molecule has 0 heterocycles. The minimum atomic E-state index is -3.52. The Bertz CT molecular complexity index is 662. The van der Waals surface area contributed by atoms with Crippen molar-refractivity contribution in [2.24, 2.45) is 0 Å². The van der Waals surface area contributed by atoms with Gasteiger partial charge in [0.05, 0.1) is 11.0 Å². The lowest BCUT2D eigenvalue weighted by molar-refractivity contribution is 0.122. The highest BCUT2D eigenvalue weighted by molar-refractivity contribution is 7.89. The summed E-state index contributed by atoms with van der Waals surface area (Å²) in [5.41, 5.74) is 0. The Morgan fingerprint density at radius 3 is 2.58 bits per heavy atom. The predicted octanol–water partition coefficient (Wildman–Crippen LogP) is 2.15. The maximum Gasteiger partial charge on any atom is 0.241 e. The number of hydrogen-bond donors (Lipinski definition) is 1. The normalized spacial score (nSPS) is 13.6. The summed E-state index contributed by atoms with van der Waals surface area (Å²) in [6.45, 7) is 2.06. The second-order valence-corrected chi connectivity index (χ2v) is 6.11. The molecule has 2 aromatic carbocycles. The molecule has 0 aliphatic carbocycles. The van der Waals surface area contributed by atoms with E-state index < -0.39 is 10.0 Å². The van der Waals surface area contributed by atoms with Crippen LogP contribution >= 0.6 is 0 Å². The van der Waals surface area contributed by atoms with Gasteiger partial charge in [0.1, 0.15) is 0 Å². The molecule has 0 aliphatic heterocycles. The summed E-state index contributed by atoms with van der Waals surface area (Å²) in [6.07, 6.45) is -0.162. The van der Waals surface area contributed by atoms with Crippen LogP contribution in [0.15, 0.2) is 47.4 Å². The van der Waals surface area contributed by atoms with E-state index in [-0.39, 0.29) is 12.6 Å². The molecule has 0 aliphatic rings. The highest BCUT2D eigenvalue weighted by Gasteiger charge is 2.17. The first-order chi connectivity index (χ1) is 9.04. The molecule has 19 heavy (non-hydrogen) atoms. The average Bonchev–Trinajstić information content (AvgIpc) is 2.44. The van der Waals surface area contributed by atoms with Crippen LogP contribution in [0.3, 0.4) is 0 Å². The van der Waals surface area contributed by atoms with E-state index in [4.69, 9.17) is 4.74 Å². The zero-order valence-electron chi connectivity index (χ0n) is 11.0. The summed E-state index contributed by atoms with van der Waals surface area (Å²) in [6, 6.07) is 12.7. The number of methoxy groups -OCH3 is 1. The summed E-state index contributed by atoms with van der Waals surface area (Å²) in [7, 11) is -1.97. The van der Waals surface area contributed by atoms with Crippen molar-refractivity contribution in [3.8, 4) is 0 Å². The van der Waals surface area contributed by atoms with Gasteiger partial charge >= 0.3 is 0 Å². The molecule has 102 valence electrons. The Morgan fingerprint density at radius 1 is 1.16 bits per heavy atom. The van der Waals surface area contributed by atoms with Gasteiger partial charge in [-0.3, -0.25) is 0 Å². The number of rotatable bonds is 5. The maximum atomic E-state index is 12.3. The molecule has 1 unspecified atom stereocenters.